The molecule has 0 bridgehead atoms. The Bertz CT molecular complexity index is 1720. The molecule has 1 unspecified atom stereocenters. The molecule has 1 aliphatic carbocycles. The Morgan fingerprint density at radius 3 is 2.28 bits per heavy atom. The van der Waals surface area contributed by atoms with Crippen LogP contribution in [0.3, 0.4) is 0 Å². The van der Waals surface area contributed by atoms with E-state index in [0.717, 1.165) is 40.8 Å². The maximum Gasteiger partial charge on any atom is 0.250 e. The van der Waals surface area contributed by atoms with Crippen LogP contribution in [0, 0.1) is 18.8 Å². The van der Waals surface area contributed by atoms with Crippen LogP contribution in [0.1, 0.15) is 56.3 Å². The third-order valence-corrected chi connectivity index (χ3v) is 8.97. The molecule has 5 rings (SSSR count). The van der Waals surface area contributed by atoms with Crippen LogP contribution in [0.25, 0.3) is 22.4 Å². The SMILES string of the molecule is Cc1cnn(C)c1-c1ccc([C@](Cc2cc(-c3ccc(=O)n(C(C)C)c3)ccc2Cl)(NC(=O)C(C)C2CC2)C(N)=O)cc1. The molecule has 2 amide bonds. The zero-order valence-electron chi connectivity index (χ0n) is 25.2. The number of rotatable bonds is 10. The van der Waals surface area contributed by atoms with Crippen molar-refractivity contribution in [2.24, 2.45) is 24.6 Å². The lowest BCUT2D eigenvalue weighted by molar-refractivity contribution is -0.134. The van der Waals surface area contributed by atoms with Gasteiger partial charge in [0.25, 0.3) is 5.56 Å². The number of benzene rings is 2. The van der Waals surface area contributed by atoms with Gasteiger partial charge in [-0.25, -0.2) is 0 Å². The quantitative estimate of drug-likeness (QED) is 0.249. The first-order valence-electron chi connectivity index (χ1n) is 14.6. The van der Waals surface area contributed by atoms with Crippen LogP contribution in [0.2, 0.25) is 5.02 Å². The fraction of sp³-hybridized carbons (Fsp3) is 0.353. The van der Waals surface area contributed by atoms with Crippen LogP contribution in [0.4, 0.5) is 0 Å². The zero-order valence-corrected chi connectivity index (χ0v) is 26.0. The molecule has 3 N–H and O–H groups in total. The van der Waals surface area contributed by atoms with Gasteiger partial charge in [0.1, 0.15) is 5.54 Å². The number of nitrogens with one attached hydrogen (secondary N) is 1. The third-order valence-electron chi connectivity index (χ3n) is 8.60. The molecule has 43 heavy (non-hydrogen) atoms. The highest BCUT2D eigenvalue weighted by molar-refractivity contribution is 6.31. The highest BCUT2D eigenvalue weighted by Gasteiger charge is 2.43. The first-order chi connectivity index (χ1) is 20.4. The van der Waals surface area contributed by atoms with Crippen molar-refractivity contribution in [1.82, 2.24) is 19.7 Å². The molecule has 2 aromatic carbocycles. The number of aromatic nitrogens is 3. The Balaban J connectivity index is 1.60. The van der Waals surface area contributed by atoms with Gasteiger partial charge in [0, 0.05) is 48.3 Å². The summed E-state index contributed by atoms with van der Waals surface area (Å²) in [5.41, 5.74) is 10.3. The molecule has 1 aliphatic rings. The predicted octanol–water partition coefficient (Wildman–Crippen LogP) is 5.54. The Morgan fingerprint density at radius 2 is 1.70 bits per heavy atom. The fourth-order valence-corrected chi connectivity index (χ4v) is 5.96. The Labute approximate surface area is 256 Å². The third kappa shape index (κ3) is 6.02. The predicted molar refractivity (Wildman–Crippen MR) is 170 cm³/mol. The van der Waals surface area contributed by atoms with Gasteiger partial charge in [-0.15, -0.1) is 0 Å². The number of hydrogen-bond acceptors (Lipinski definition) is 4. The lowest BCUT2D eigenvalue weighted by atomic mass is 9.81. The fourth-order valence-electron chi connectivity index (χ4n) is 5.77. The zero-order chi connectivity index (χ0) is 31.1. The minimum atomic E-state index is -1.56. The number of primary amides is 1. The minimum Gasteiger partial charge on any atom is -0.367 e. The van der Waals surface area contributed by atoms with E-state index in [1.165, 1.54) is 0 Å². The van der Waals surface area contributed by atoms with Gasteiger partial charge in [-0.3, -0.25) is 19.1 Å². The van der Waals surface area contributed by atoms with Gasteiger partial charge in [0.05, 0.1) is 11.9 Å². The van der Waals surface area contributed by atoms with E-state index < -0.39 is 11.4 Å². The lowest BCUT2D eigenvalue weighted by Gasteiger charge is -2.34. The van der Waals surface area contributed by atoms with E-state index in [2.05, 4.69) is 10.4 Å². The summed E-state index contributed by atoms with van der Waals surface area (Å²) in [6, 6.07) is 16.4. The molecular formula is C34H38ClN5O3. The summed E-state index contributed by atoms with van der Waals surface area (Å²) in [6.07, 6.45) is 5.65. The Kier molecular flexibility index (Phi) is 8.34. The Hall–Kier alpha value is -4.17. The van der Waals surface area contributed by atoms with Gasteiger partial charge >= 0.3 is 0 Å². The number of amides is 2. The molecule has 2 heterocycles. The summed E-state index contributed by atoms with van der Waals surface area (Å²) in [4.78, 5) is 39.5. The van der Waals surface area contributed by atoms with Crippen molar-refractivity contribution >= 4 is 23.4 Å². The maximum atomic E-state index is 13.6. The molecule has 8 nitrogen and oxygen atoms in total. The molecule has 2 atom stereocenters. The van der Waals surface area contributed by atoms with Crippen LogP contribution in [-0.2, 0) is 28.6 Å². The van der Waals surface area contributed by atoms with E-state index in [0.29, 0.717) is 22.1 Å². The number of carbonyl (C=O) groups excluding carboxylic acids is 2. The van der Waals surface area contributed by atoms with E-state index in [9.17, 15) is 14.4 Å². The van der Waals surface area contributed by atoms with Gasteiger partial charge < -0.3 is 15.6 Å². The number of nitrogens with zero attached hydrogens (tertiary/aromatic N) is 3. The number of halogens is 1. The highest BCUT2D eigenvalue weighted by Crippen LogP contribution is 2.38. The summed E-state index contributed by atoms with van der Waals surface area (Å²) in [5, 5.41) is 7.86. The second-order valence-corrected chi connectivity index (χ2v) is 12.4. The molecule has 4 aromatic rings. The van der Waals surface area contributed by atoms with Crippen molar-refractivity contribution in [3.63, 3.8) is 0 Å². The number of pyridine rings is 1. The molecular weight excluding hydrogens is 562 g/mol. The van der Waals surface area contributed by atoms with Gasteiger partial charge in [0.15, 0.2) is 0 Å². The molecule has 0 aliphatic heterocycles. The lowest BCUT2D eigenvalue weighted by Crippen LogP contribution is -2.57. The Morgan fingerprint density at radius 1 is 1.05 bits per heavy atom. The molecule has 9 heteroatoms. The van der Waals surface area contributed by atoms with Crippen LogP contribution in [-0.4, -0.2) is 26.2 Å². The first-order valence-corrected chi connectivity index (χ1v) is 15.0. The van der Waals surface area contributed by atoms with Crippen molar-refractivity contribution < 1.29 is 9.59 Å². The van der Waals surface area contributed by atoms with Crippen molar-refractivity contribution in [3.05, 3.63) is 99.1 Å². The summed E-state index contributed by atoms with van der Waals surface area (Å²) in [7, 11) is 1.88. The van der Waals surface area contributed by atoms with Gasteiger partial charge in [-0.1, -0.05) is 48.9 Å². The smallest absolute Gasteiger partial charge is 0.250 e. The summed E-state index contributed by atoms with van der Waals surface area (Å²) < 4.78 is 3.47. The van der Waals surface area contributed by atoms with Crippen LogP contribution in [0.5, 0.6) is 0 Å². The van der Waals surface area contributed by atoms with E-state index in [4.69, 9.17) is 17.3 Å². The molecule has 2 aromatic heterocycles. The van der Waals surface area contributed by atoms with Crippen molar-refractivity contribution in [3.8, 4) is 22.4 Å². The normalized spacial score (nSPS) is 15.2. The molecule has 1 fully saturated rings. The molecule has 224 valence electrons. The monoisotopic (exact) mass is 599 g/mol. The number of aryl methyl sites for hydroxylation is 2. The maximum absolute atomic E-state index is 13.6. The van der Waals surface area contributed by atoms with Crippen molar-refractivity contribution in [2.45, 2.75) is 58.5 Å². The number of carbonyl (C=O) groups is 2. The van der Waals surface area contributed by atoms with E-state index >= 15 is 0 Å². The number of nitrogens with two attached hydrogens (primary N) is 1. The van der Waals surface area contributed by atoms with Gasteiger partial charge in [-0.2, -0.15) is 5.10 Å². The minimum absolute atomic E-state index is 0.0106. The first kappa shape index (κ1) is 30.3. The average molecular weight is 600 g/mol. The standard InChI is InChI=1S/C34H38ClN5O3/c1-20(2)40-19-26(11-15-30(40)41)25-10-14-29(35)27(16-25)17-34(33(36)43,38-32(42)22(4)23-6-7-23)28-12-8-24(9-13-28)31-21(3)18-37-39(31)5/h8-16,18-20,22-23H,6-7,17H2,1-5H3,(H2,36,43)(H,38,42)/t22?,34-/m0/s1. The summed E-state index contributed by atoms with van der Waals surface area (Å²) >= 11 is 6.75. The number of hydrogen-bond donors (Lipinski definition) is 2. The molecule has 0 saturated heterocycles. The van der Waals surface area contributed by atoms with E-state index in [1.54, 1.807) is 33.6 Å². The van der Waals surface area contributed by atoms with Crippen molar-refractivity contribution in [1.29, 1.82) is 0 Å². The molecule has 1 saturated carbocycles. The van der Waals surface area contributed by atoms with Crippen molar-refractivity contribution in [2.75, 3.05) is 0 Å². The summed E-state index contributed by atoms with van der Waals surface area (Å²) in [6.45, 7) is 7.79. The molecule has 0 radical (unpaired) electrons. The second-order valence-electron chi connectivity index (χ2n) is 12.0. The average Bonchev–Trinajstić information content (AvgIpc) is 3.77. The second kappa shape index (κ2) is 11.8. The van der Waals surface area contributed by atoms with Gasteiger partial charge in [-0.05, 0) is 85.5 Å². The largest absolute Gasteiger partial charge is 0.367 e. The van der Waals surface area contributed by atoms with Crippen LogP contribution >= 0.6 is 11.6 Å². The highest BCUT2D eigenvalue weighted by atomic mass is 35.5. The van der Waals surface area contributed by atoms with Gasteiger partial charge in [0.2, 0.25) is 11.8 Å². The molecule has 0 spiro atoms. The van der Waals surface area contributed by atoms with Crippen LogP contribution < -0.4 is 16.6 Å². The topological polar surface area (TPSA) is 112 Å². The van der Waals surface area contributed by atoms with E-state index in [-0.39, 0.29) is 29.8 Å². The summed E-state index contributed by atoms with van der Waals surface area (Å²) in [5.74, 6) is -0.856. The van der Waals surface area contributed by atoms with E-state index in [1.807, 2.05) is 77.3 Å². The van der Waals surface area contributed by atoms with Crippen LogP contribution in [0.15, 0.2) is 71.8 Å².